The fourth-order valence-electron chi connectivity index (χ4n) is 2.60. The predicted molar refractivity (Wildman–Crippen MR) is 60.0 cm³/mol. The van der Waals surface area contributed by atoms with Gasteiger partial charge < -0.3 is 14.7 Å². The van der Waals surface area contributed by atoms with Crippen molar-refractivity contribution in [2.45, 2.75) is 38.2 Å². The first kappa shape index (κ1) is 11.9. The summed E-state index contributed by atoms with van der Waals surface area (Å²) in [5.74, 6) is 0.516. The van der Waals surface area contributed by atoms with Crippen LogP contribution in [0.2, 0.25) is 0 Å². The first-order valence-corrected chi connectivity index (χ1v) is 6.20. The summed E-state index contributed by atoms with van der Waals surface area (Å²) < 4.78 is 5.57. The molecule has 0 aromatic heterocycles. The molecule has 0 spiro atoms. The molecule has 1 amide bonds. The van der Waals surface area contributed by atoms with Crippen LogP contribution in [-0.2, 0) is 9.53 Å². The van der Waals surface area contributed by atoms with Gasteiger partial charge in [0.05, 0.1) is 0 Å². The number of hydrogen-bond donors (Lipinski definition) is 1. The Hall–Kier alpha value is -0.610. The van der Waals surface area contributed by atoms with Gasteiger partial charge in [-0.2, -0.15) is 0 Å². The van der Waals surface area contributed by atoms with E-state index in [9.17, 15) is 4.79 Å². The Morgan fingerprint density at radius 2 is 2.19 bits per heavy atom. The molecule has 1 atom stereocenters. The molecule has 0 saturated carbocycles. The van der Waals surface area contributed by atoms with Gasteiger partial charge in [0.1, 0.15) is 5.60 Å². The van der Waals surface area contributed by atoms with Gasteiger partial charge in [-0.3, -0.25) is 4.79 Å². The molecular weight excluding hydrogens is 206 g/mol. The van der Waals surface area contributed by atoms with Crippen molar-refractivity contribution in [1.82, 2.24) is 4.90 Å². The third-order valence-corrected chi connectivity index (χ3v) is 3.83. The summed E-state index contributed by atoms with van der Waals surface area (Å²) >= 11 is 0. The molecular formula is C12H21NO3. The van der Waals surface area contributed by atoms with E-state index in [1.807, 2.05) is 11.8 Å². The monoisotopic (exact) mass is 227 g/mol. The lowest BCUT2D eigenvalue weighted by atomic mass is 9.95. The molecule has 2 aliphatic heterocycles. The number of aliphatic hydroxyl groups is 1. The Morgan fingerprint density at radius 1 is 1.50 bits per heavy atom. The topological polar surface area (TPSA) is 49.8 Å². The zero-order valence-corrected chi connectivity index (χ0v) is 9.95. The number of likely N-dealkylation sites (tertiary alicyclic amines) is 1. The van der Waals surface area contributed by atoms with E-state index in [4.69, 9.17) is 9.84 Å². The van der Waals surface area contributed by atoms with Gasteiger partial charge in [0.15, 0.2) is 0 Å². The highest BCUT2D eigenvalue weighted by Gasteiger charge is 2.41. The summed E-state index contributed by atoms with van der Waals surface area (Å²) in [5.41, 5.74) is -0.577. The maximum absolute atomic E-state index is 12.3. The number of ether oxygens (including phenoxy) is 1. The number of hydrogen-bond acceptors (Lipinski definition) is 3. The SMILES string of the molecule is CC1(C(=O)N2CCC(CO)CC2)CCCO1. The fourth-order valence-corrected chi connectivity index (χ4v) is 2.60. The van der Waals surface area contributed by atoms with Crippen LogP contribution in [0.4, 0.5) is 0 Å². The quantitative estimate of drug-likeness (QED) is 0.758. The summed E-state index contributed by atoms with van der Waals surface area (Å²) in [6.07, 6.45) is 3.65. The van der Waals surface area contributed by atoms with E-state index in [0.717, 1.165) is 38.8 Å². The van der Waals surface area contributed by atoms with E-state index >= 15 is 0 Å². The number of piperidine rings is 1. The summed E-state index contributed by atoms with van der Waals surface area (Å²) in [6, 6.07) is 0. The first-order chi connectivity index (χ1) is 7.65. The van der Waals surface area contributed by atoms with Gasteiger partial charge >= 0.3 is 0 Å². The molecule has 0 aliphatic carbocycles. The third kappa shape index (κ3) is 2.23. The van der Waals surface area contributed by atoms with Crippen LogP contribution in [-0.4, -0.2) is 47.8 Å². The van der Waals surface area contributed by atoms with Crippen LogP contribution in [0.25, 0.3) is 0 Å². The van der Waals surface area contributed by atoms with E-state index in [2.05, 4.69) is 0 Å². The van der Waals surface area contributed by atoms with E-state index in [1.54, 1.807) is 0 Å². The molecule has 2 fully saturated rings. The van der Waals surface area contributed by atoms with Crippen molar-refractivity contribution in [1.29, 1.82) is 0 Å². The second kappa shape index (κ2) is 4.72. The van der Waals surface area contributed by atoms with Gasteiger partial charge in [-0.1, -0.05) is 0 Å². The lowest BCUT2D eigenvalue weighted by Gasteiger charge is -2.36. The average Bonchev–Trinajstić information content (AvgIpc) is 2.77. The minimum Gasteiger partial charge on any atom is -0.396 e. The zero-order valence-electron chi connectivity index (χ0n) is 9.95. The minimum absolute atomic E-state index is 0.140. The average molecular weight is 227 g/mol. The number of carbonyl (C=O) groups excluding carboxylic acids is 1. The number of rotatable bonds is 2. The van der Waals surface area contributed by atoms with Gasteiger partial charge in [-0.15, -0.1) is 0 Å². The lowest BCUT2D eigenvalue weighted by molar-refractivity contribution is -0.152. The van der Waals surface area contributed by atoms with Gasteiger partial charge in [-0.05, 0) is 38.5 Å². The van der Waals surface area contributed by atoms with Crippen molar-refractivity contribution in [2.24, 2.45) is 5.92 Å². The van der Waals surface area contributed by atoms with E-state index < -0.39 is 5.60 Å². The van der Waals surface area contributed by atoms with Crippen LogP contribution in [0.1, 0.15) is 32.6 Å². The number of nitrogens with zero attached hydrogens (tertiary/aromatic N) is 1. The van der Waals surface area contributed by atoms with Crippen molar-refractivity contribution in [3.63, 3.8) is 0 Å². The third-order valence-electron chi connectivity index (χ3n) is 3.83. The summed E-state index contributed by atoms with van der Waals surface area (Å²) in [5, 5.41) is 9.05. The summed E-state index contributed by atoms with van der Waals surface area (Å²) in [7, 11) is 0. The molecule has 4 heteroatoms. The maximum atomic E-state index is 12.3. The molecule has 2 heterocycles. The molecule has 0 aromatic carbocycles. The Labute approximate surface area is 96.6 Å². The highest BCUT2D eigenvalue weighted by Crippen LogP contribution is 2.29. The highest BCUT2D eigenvalue weighted by molar-refractivity contribution is 5.85. The van der Waals surface area contributed by atoms with Gasteiger partial charge in [0, 0.05) is 26.3 Å². The molecule has 0 aromatic rings. The van der Waals surface area contributed by atoms with Crippen molar-refractivity contribution in [3.05, 3.63) is 0 Å². The summed E-state index contributed by atoms with van der Waals surface area (Å²) in [4.78, 5) is 14.2. The van der Waals surface area contributed by atoms with Crippen LogP contribution in [0.3, 0.4) is 0 Å². The molecule has 16 heavy (non-hydrogen) atoms. The smallest absolute Gasteiger partial charge is 0.254 e. The van der Waals surface area contributed by atoms with Crippen molar-refractivity contribution < 1.29 is 14.6 Å². The minimum atomic E-state index is -0.577. The largest absolute Gasteiger partial charge is 0.396 e. The van der Waals surface area contributed by atoms with Crippen LogP contribution in [0.5, 0.6) is 0 Å². The second-order valence-electron chi connectivity index (χ2n) is 5.10. The molecule has 2 saturated heterocycles. The Morgan fingerprint density at radius 3 is 2.69 bits per heavy atom. The predicted octanol–water partition coefficient (Wildman–Crippen LogP) is 0.786. The Balaban J connectivity index is 1.91. The fraction of sp³-hybridized carbons (Fsp3) is 0.917. The van der Waals surface area contributed by atoms with Crippen LogP contribution < -0.4 is 0 Å². The number of carbonyl (C=O) groups is 1. The van der Waals surface area contributed by atoms with E-state index in [0.29, 0.717) is 12.5 Å². The van der Waals surface area contributed by atoms with E-state index in [-0.39, 0.29) is 12.5 Å². The summed E-state index contributed by atoms with van der Waals surface area (Å²) in [6.45, 7) is 4.39. The normalized spacial score (nSPS) is 32.0. The molecule has 0 radical (unpaired) electrons. The van der Waals surface area contributed by atoms with Crippen molar-refractivity contribution in [2.75, 3.05) is 26.3 Å². The number of aliphatic hydroxyl groups excluding tert-OH is 1. The lowest BCUT2D eigenvalue weighted by Crippen LogP contribution is -2.49. The zero-order chi connectivity index (χ0) is 11.6. The van der Waals surface area contributed by atoms with E-state index in [1.165, 1.54) is 0 Å². The van der Waals surface area contributed by atoms with Gasteiger partial charge in [0.25, 0.3) is 5.91 Å². The highest BCUT2D eigenvalue weighted by atomic mass is 16.5. The Kier molecular flexibility index (Phi) is 3.50. The van der Waals surface area contributed by atoms with Crippen molar-refractivity contribution in [3.8, 4) is 0 Å². The molecule has 4 nitrogen and oxygen atoms in total. The molecule has 92 valence electrons. The van der Waals surface area contributed by atoms with Crippen LogP contribution >= 0.6 is 0 Å². The molecule has 2 rings (SSSR count). The Bertz CT molecular complexity index is 253. The maximum Gasteiger partial charge on any atom is 0.254 e. The molecule has 0 bridgehead atoms. The van der Waals surface area contributed by atoms with Crippen molar-refractivity contribution >= 4 is 5.91 Å². The first-order valence-electron chi connectivity index (χ1n) is 6.20. The van der Waals surface area contributed by atoms with Gasteiger partial charge in [0.2, 0.25) is 0 Å². The number of amides is 1. The second-order valence-corrected chi connectivity index (χ2v) is 5.10. The van der Waals surface area contributed by atoms with Gasteiger partial charge in [-0.25, -0.2) is 0 Å². The molecule has 2 aliphatic rings. The molecule has 1 N–H and O–H groups in total. The van der Waals surface area contributed by atoms with Crippen LogP contribution in [0, 0.1) is 5.92 Å². The van der Waals surface area contributed by atoms with Crippen LogP contribution in [0.15, 0.2) is 0 Å². The molecule has 1 unspecified atom stereocenters. The standard InChI is InChI=1S/C12H21NO3/c1-12(5-2-8-16-12)11(15)13-6-3-10(9-14)4-7-13/h10,14H,2-9H2,1H3.